The highest BCUT2D eigenvalue weighted by molar-refractivity contribution is 14.0. The number of nitrogens with zero attached hydrogens (tertiary/aromatic N) is 6. The van der Waals surface area contributed by atoms with Gasteiger partial charge in [0.25, 0.3) is 0 Å². The Morgan fingerprint density at radius 3 is 2.59 bits per heavy atom. The van der Waals surface area contributed by atoms with Gasteiger partial charge in [-0.3, -0.25) is 4.99 Å². The van der Waals surface area contributed by atoms with Crippen molar-refractivity contribution in [2.75, 3.05) is 38.1 Å². The van der Waals surface area contributed by atoms with Gasteiger partial charge in [-0.15, -0.1) is 34.2 Å². The summed E-state index contributed by atoms with van der Waals surface area (Å²) in [6.07, 6.45) is 1.77. The Hall–Kier alpha value is -1.84. The van der Waals surface area contributed by atoms with Gasteiger partial charge in [-0.2, -0.15) is 0 Å². The van der Waals surface area contributed by atoms with Crippen LogP contribution in [0, 0.1) is 13.8 Å². The number of aryl methyl sites for hydroxylation is 2. The lowest BCUT2D eigenvalue weighted by Crippen LogP contribution is -2.52. The molecule has 0 spiro atoms. The van der Waals surface area contributed by atoms with Crippen LogP contribution in [0.2, 0.25) is 0 Å². The normalized spacial score (nSPS) is 14.9. The Kier molecular flexibility index (Phi) is 7.88. The molecular weight excluding hydrogens is 453 g/mol. The molecule has 3 rings (SSSR count). The highest BCUT2D eigenvalue weighted by Crippen LogP contribution is 2.23. The largest absolute Gasteiger partial charge is 0.368 e. The molecule has 27 heavy (non-hydrogen) atoms. The van der Waals surface area contributed by atoms with Crippen LogP contribution in [-0.2, 0) is 13.1 Å². The number of aliphatic imine (C=N–C) groups is 1. The summed E-state index contributed by atoms with van der Waals surface area (Å²) in [4.78, 5) is 9.24. The van der Waals surface area contributed by atoms with E-state index in [4.69, 9.17) is 0 Å². The molecule has 0 aliphatic carbocycles. The Balaban J connectivity index is 0.00000261. The van der Waals surface area contributed by atoms with E-state index in [1.165, 1.54) is 16.8 Å². The molecule has 8 heteroatoms. The van der Waals surface area contributed by atoms with Crippen molar-refractivity contribution in [1.82, 2.24) is 25.0 Å². The maximum Gasteiger partial charge on any atom is 0.194 e. The van der Waals surface area contributed by atoms with Gasteiger partial charge in [0.15, 0.2) is 11.8 Å². The first-order valence-electron chi connectivity index (χ1n) is 9.27. The molecule has 1 aliphatic heterocycles. The third-order valence-corrected chi connectivity index (χ3v) is 5.15. The third-order valence-electron chi connectivity index (χ3n) is 5.15. The standard InChI is InChI=1S/C19H29N7.HI/c1-5-24-14-22-23-18(24)13-21-19(20-4)26-11-9-25(10-12-26)17-8-6-7-15(2)16(17)3;/h6-8,14H,5,9-13H2,1-4H3,(H,20,21);1H. The predicted octanol–water partition coefficient (Wildman–Crippen LogP) is 2.43. The van der Waals surface area contributed by atoms with Crippen molar-refractivity contribution in [1.29, 1.82) is 0 Å². The van der Waals surface area contributed by atoms with Crippen LogP contribution in [0.1, 0.15) is 23.9 Å². The van der Waals surface area contributed by atoms with Crippen molar-refractivity contribution in [3.8, 4) is 0 Å². The number of benzene rings is 1. The monoisotopic (exact) mass is 483 g/mol. The van der Waals surface area contributed by atoms with Gasteiger partial charge in [0.1, 0.15) is 6.33 Å². The molecule has 0 atom stereocenters. The first-order valence-corrected chi connectivity index (χ1v) is 9.27. The van der Waals surface area contributed by atoms with E-state index in [0.29, 0.717) is 6.54 Å². The lowest BCUT2D eigenvalue weighted by molar-refractivity contribution is 0.371. The Bertz CT molecular complexity index is 763. The summed E-state index contributed by atoms with van der Waals surface area (Å²) in [6, 6.07) is 6.55. The minimum absolute atomic E-state index is 0. The van der Waals surface area contributed by atoms with Crippen LogP contribution < -0.4 is 10.2 Å². The van der Waals surface area contributed by atoms with E-state index in [9.17, 15) is 0 Å². The zero-order valence-electron chi connectivity index (χ0n) is 16.6. The molecule has 0 saturated carbocycles. The second-order valence-electron chi connectivity index (χ2n) is 6.63. The van der Waals surface area contributed by atoms with E-state index in [-0.39, 0.29) is 24.0 Å². The fourth-order valence-electron chi connectivity index (χ4n) is 3.41. The molecular formula is C19H30IN7. The van der Waals surface area contributed by atoms with Crippen molar-refractivity contribution >= 4 is 35.6 Å². The third kappa shape index (κ3) is 4.91. The molecule has 0 amide bonds. The molecule has 1 aromatic carbocycles. The van der Waals surface area contributed by atoms with E-state index in [2.05, 4.69) is 69.3 Å². The van der Waals surface area contributed by atoms with E-state index in [1.807, 2.05) is 11.6 Å². The van der Waals surface area contributed by atoms with E-state index in [0.717, 1.165) is 44.5 Å². The first-order chi connectivity index (χ1) is 12.6. The summed E-state index contributed by atoms with van der Waals surface area (Å²) < 4.78 is 2.04. The molecule has 7 nitrogen and oxygen atoms in total. The maximum absolute atomic E-state index is 4.45. The quantitative estimate of drug-likeness (QED) is 0.411. The Morgan fingerprint density at radius 2 is 1.93 bits per heavy atom. The number of halogens is 1. The molecule has 0 unspecified atom stereocenters. The Labute approximate surface area is 178 Å². The lowest BCUT2D eigenvalue weighted by Gasteiger charge is -2.38. The van der Waals surface area contributed by atoms with Crippen LogP contribution in [0.15, 0.2) is 29.5 Å². The van der Waals surface area contributed by atoms with Crippen molar-refractivity contribution < 1.29 is 0 Å². The van der Waals surface area contributed by atoms with Crippen molar-refractivity contribution in [3.63, 3.8) is 0 Å². The molecule has 0 bridgehead atoms. The zero-order valence-corrected chi connectivity index (χ0v) is 19.0. The van der Waals surface area contributed by atoms with Crippen molar-refractivity contribution in [3.05, 3.63) is 41.5 Å². The number of hydrogen-bond acceptors (Lipinski definition) is 4. The summed E-state index contributed by atoms with van der Waals surface area (Å²) in [5.41, 5.74) is 4.08. The fraction of sp³-hybridized carbons (Fsp3) is 0.526. The van der Waals surface area contributed by atoms with Crippen LogP contribution in [0.3, 0.4) is 0 Å². The minimum atomic E-state index is 0. The van der Waals surface area contributed by atoms with Crippen LogP contribution in [-0.4, -0.2) is 58.9 Å². The number of rotatable bonds is 4. The zero-order chi connectivity index (χ0) is 18.5. The molecule has 1 fully saturated rings. The summed E-state index contributed by atoms with van der Waals surface area (Å²) in [6.45, 7) is 11.9. The summed E-state index contributed by atoms with van der Waals surface area (Å²) in [5.74, 6) is 1.86. The number of guanidine groups is 1. The second-order valence-corrected chi connectivity index (χ2v) is 6.63. The molecule has 1 N–H and O–H groups in total. The average molecular weight is 483 g/mol. The fourth-order valence-corrected chi connectivity index (χ4v) is 3.41. The van der Waals surface area contributed by atoms with E-state index < -0.39 is 0 Å². The van der Waals surface area contributed by atoms with Crippen LogP contribution in [0.25, 0.3) is 0 Å². The van der Waals surface area contributed by atoms with Gasteiger partial charge >= 0.3 is 0 Å². The second kappa shape index (κ2) is 9.91. The number of piperazine rings is 1. The lowest BCUT2D eigenvalue weighted by atomic mass is 10.1. The molecule has 1 aliphatic rings. The average Bonchev–Trinajstić information content (AvgIpc) is 3.13. The Morgan fingerprint density at radius 1 is 1.19 bits per heavy atom. The highest BCUT2D eigenvalue weighted by atomic mass is 127. The number of aromatic nitrogens is 3. The molecule has 2 heterocycles. The topological polar surface area (TPSA) is 61.6 Å². The SMILES string of the molecule is CCn1cnnc1CNC(=NC)N1CCN(c2cccc(C)c2C)CC1.I. The highest BCUT2D eigenvalue weighted by Gasteiger charge is 2.21. The smallest absolute Gasteiger partial charge is 0.194 e. The van der Waals surface area contributed by atoms with Crippen LogP contribution in [0.5, 0.6) is 0 Å². The summed E-state index contributed by atoms with van der Waals surface area (Å²) >= 11 is 0. The maximum atomic E-state index is 4.45. The minimum Gasteiger partial charge on any atom is -0.368 e. The van der Waals surface area contributed by atoms with Crippen molar-refractivity contribution in [2.24, 2.45) is 4.99 Å². The van der Waals surface area contributed by atoms with Gasteiger partial charge in [0.2, 0.25) is 0 Å². The number of nitrogens with one attached hydrogen (secondary N) is 1. The predicted molar refractivity (Wildman–Crippen MR) is 121 cm³/mol. The molecule has 1 aromatic heterocycles. The molecule has 148 valence electrons. The summed E-state index contributed by atoms with van der Waals surface area (Å²) in [7, 11) is 1.84. The number of hydrogen-bond donors (Lipinski definition) is 1. The first kappa shape index (κ1) is 21.5. The van der Waals surface area contributed by atoms with Gasteiger partial charge < -0.3 is 19.7 Å². The molecule has 2 aromatic rings. The van der Waals surface area contributed by atoms with Crippen LogP contribution >= 0.6 is 24.0 Å². The van der Waals surface area contributed by atoms with Gasteiger partial charge in [0.05, 0.1) is 6.54 Å². The van der Waals surface area contributed by atoms with Gasteiger partial charge in [-0.25, -0.2) is 0 Å². The van der Waals surface area contributed by atoms with Crippen molar-refractivity contribution in [2.45, 2.75) is 33.9 Å². The van der Waals surface area contributed by atoms with E-state index >= 15 is 0 Å². The number of anilines is 1. The van der Waals surface area contributed by atoms with Crippen LogP contribution in [0.4, 0.5) is 5.69 Å². The van der Waals surface area contributed by atoms with E-state index in [1.54, 1.807) is 6.33 Å². The van der Waals surface area contributed by atoms with Gasteiger partial charge in [0, 0.05) is 45.5 Å². The summed E-state index contributed by atoms with van der Waals surface area (Å²) in [5, 5.41) is 11.6. The van der Waals surface area contributed by atoms with Gasteiger partial charge in [-0.05, 0) is 38.0 Å². The van der Waals surface area contributed by atoms with Gasteiger partial charge in [-0.1, -0.05) is 12.1 Å². The molecule has 1 saturated heterocycles. The molecule has 0 radical (unpaired) electrons.